The fraction of sp³-hybridized carbons (Fsp3) is 0.357. The van der Waals surface area contributed by atoms with Crippen molar-refractivity contribution in [1.29, 1.82) is 0 Å². The molecule has 0 fully saturated rings. The number of nitrogens with one attached hydrogen (secondary N) is 1. The standard InChI is InChI=1S/C14H17NOS/c1-4-7-14(16)15-11(2)10-12-8-5-6-9-13(12)17-3/h5-6,8-9,11H,10H2,1-3H3,(H,15,16). The predicted molar refractivity (Wildman–Crippen MR) is 73.0 cm³/mol. The van der Waals surface area contributed by atoms with E-state index in [2.05, 4.69) is 35.5 Å². The van der Waals surface area contributed by atoms with Crippen molar-refractivity contribution < 1.29 is 4.79 Å². The third-order valence-corrected chi connectivity index (χ3v) is 3.17. The molecule has 1 N–H and O–H groups in total. The molecule has 1 rings (SSSR count). The summed E-state index contributed by atoms with van der Waals surface area (Å²) in [5.41, 5.74) is 1.26. The summed E-state index contributed by atoms with van der Waals surface area (Å²) in [6, 6.07) is 8.34. The van der Waals surface area contributed by atoms with E-state index < -0.39 is 0 Å². The molecule has 0 aromatic heterocycles. The molecule has 17 heavy (non-hydrogen) atoms. The van der Waals surface area contributed by atoms with Crippen LogP contribution in [0.2, 0.25) is 0 Å². The third-order valence-electron chi connectivity index (χ3n) is 2.33. The molecule has 3 heteroatoms. The second-order valence-electron chi connectivity index (χ2n) is 3.77. The van der Waals surface area contributed by atoms with E-state index in [1.54, 1.807) is 18.7 Å². The number of amides is 1. The molecular weight excluding hydrogens is 230 g/mol. The van der Waals surface area contributed by atoms with Crippen LogP contribution in [0.5, 0.6) is 0 Å². The zero-order valence-corrected chi connectivity index (χ0v) is 11.2. The summed E-state index contributed by atoms with van der Waals surface area (Å²) < 4.78 is 0. The van der Waals surface area contributed by atoms with Crippen molar-refractivity contribution in [3.63, 3.8) is 0 Å². The Kier molecular flexibility index (Phi) is 5.65. The molecule has 0 radical (unpaired) electrons. The van der Waals surface area contributed by atoms with Crippen molar-refractivity contribution in [2.24, 2.45) is 0 Å². The van der Waals surface area contributed by atoms with Gasteiger partial charge in [-0.15, -0.1) is 11.8 Å². The topological polar surface area (TPSA) is 29.1 Å². The average Bonchev–Trinajstić information content (AvgIpc) is 2.29. The van der Waals surface area contributed by atoms with E-state index in [1.165, 1.54) is 10.5 Å². The summed E-state index contributed by atoms with van der Waals surface area (Å²) in [6.45, 7) is 3.65. The van der Waals surface area contributed by atoms with Gasteiger partial charge in [0.1, 0.15) is 0 Å². The Labute approximate surface area is 107 Å². The first-order valence-corrected chi connectivity index (χ1v) is 6.75. The average molecular weight is 247 g/mol. The van der Waals surface area contributed by atoms with Gasteiger partial charge in [-0.1, -0.05) is 24.1 Å². The second-order valence-corrected chi connectivity index (χ2v) is 4.61. The molecule has 0 spiro atoms. The minimum absolute atomic E-state index is 0.0941. The van der Waals surface area contributed by atoms with Gasteiger partial charge in [-0.05, 0) is 44.1 Å². The first-order chi connectivity index (χ1) is 8.17. The normalized spacial score (nSPS) is 11.2. The largest absolute Gasteiger partial charge is 0.342 e. The molecule has 0 aliphatic carbocycles. The lowest BCUT2D eigenvalue weighted by atomic mass is 10.1. The van der Waals surface area contributed by atoms with Crippen LogP contribution in [0.15, 0.2) is 29.2 Å². The Morgan fingerprint density at radius 1 is 1.47 bits per heavy atom. The van der Waals surface area contributed by atoms with Crippen LogP contribution in [0.1, 0.15) is 19.4 Å². The molecule has 1 aromatic rings. The molecule has 0 aliphatic rings. The highest BCUT2D eigenvalue weighted by Gasteiger charge is 2.08. The molecule has 0 aliphatic heterocycles. The number of carbonyl (C=O) groups excluding carboxylic acids is 1. The Balaban J connectivity index is 2.63. The predicted octanol–water partition coefficient (Wildman–Crippen LogP) is 2.48. The molecule has 1 unspecified atom stereocenters. The highest BCUT2D eigenvalue weighted by Crippen LogP contribution is 2.20. The zero-order valence-electron chi connectivity index (χ0n) is 10.4. The molecule has 90 valence electrons. The minimum Gasteiger partial charge on any atom is -0.342 e. The number of hydrogen-bond acceptors (Lipinski definition) is 2. The van der Waals surface area contributed by atoms with Crippen LogP contribution in [-0.2, 0) is 11.2 Å². The lowest BCUT2D eigenvalue weighted by Gasteiger charge is -2.14. The first kappa shape index (κ1) is 13.7. The van der Waals surface area contributed by atoms with Crippen LogP contribution in [0.3, 0.4) is 0 Å². The molecule has 0 bridgehead atoms. The van der Waals surface area contributed by atoms with Crippen LogP contribution in [0.4, 0.5) is 0 Å². The number of rotatable bonds is 4. The van der Waals surface area contributed by atoms with Crippen molar-refractivity contribution in [3.8, 4) is 11.8 Å². The summed E-state index contributed by atoms with van der Waals surface area (Å²) in [7, 11) is 0. The highest BCUT2D eigenvalue weighted by atomic mass is 32.2. The smallest absolute Gasteiger partial charge is 0.296 e. The van der Waals surface area contributed by atoms with Crippen molar-refractivity contribution in [1.82, 2.24) is 5.32 Å². The van der Waals surface area contributed by atoms with Gasteiger partial charge in [0, 0.05) is 10.9 Å². The maximum Gasteiger partial charge on any atom is 0.296 e. The lowest BCUT2D eigenvalue weighted by Crippen LogP contribution is -2.33. The van der Waals surface area contributed by atoms with E-state index in [9.17, 15) is 4.79 Å². The number of carbonyl (C=O) groups is 1. The van der Waals surface area contributed by atoms with E-state index in [1.807, 2.05) is 19.1 Å². The van der Waals surface area contributed by atoms with Gasteiger partial charge in [0.15, 0.2) is 0 Å². The number of hydrogen-bond donors (Lipinski definition) is 1. The summed E-state index contributed by atoms with van der Waals surface area (Å²) in [5, 5.41) is 2.86. The lowest BCUT2D eigenvalue weighted by molar-refractivity contribution is -0.116. The highest BCUT2D eigenvalue weighted by molar-refractivity contribution is 7.98. The monoisotopic (exact) mass is 247 g/mol. The van der Waals surface area contributed by atoms with Crippen LogP contribution in [-0.4, -0.2) is 18.2 Å². The summed E-state index contributed by atoms with van der Waals surface area (Å²) in [4.78, 5) is 12.6. The van der Waals surface area contributed by atoms with Gasteiger partial charge < -0.3 is 5.32 Å². The van der Waals surface area contributed by atoms with E-state index in [0.717, 1.165) is 6.42 Å². The Morgan fingerprint density at radius 3 is 2.82 bits per heavy atom. The van der Waals surface area contributed by atoms with E-state index in [4.69, 9.17) is 0 Å². The molecule has 1 atom stereocenters. The SMILES string of the molecule is CC#CC(=O)NC(C)Cc1ccccc1SC. The molecule has 1 amide bonds. The van der Waals surface area contributed by atoms with Crippen LogP contribution in [0.25, 0.3) is 0 Å². The molecular formula is C14H17NOS. The maximum absolute atomic E-state index is 11.3. The zero-order chi connectivity index (χ0) is 12.7. The van der Waals surface area contributed by atoms with Crippen molar-refractivity contribution in [2.75, 3.05) is 6.26 Å². The van der Waals surface area contributed by atoms with Crippen LogP contribution >= 0.6 is 11.8 Å². The molecule has 0 saturated heterocycles. The van der Waals surface area contributed by atoms with Gasteiger partial charge in [0.25, 0.3) is 5.91 Å². The first-order valence-electron chi connectivity index (χ1n) is 5.52. The van der Waals surface area contributed by atoms with Crippen LogP contribution in [0, 0.1) is 11.8 Å². The fourth-order valence-corrected chi connectivity index (χ4v) is 2.25. The molecule has 1 aromatic carbocycles. The van der Waals surface area contributed by atoms with Gasteiger partial charge in [0.2, 0.25) is 0 Å². The maximum atomic E-state index is 11.3. The number of benzene rings is 1. The fourth-order valence-electron chi connectivity index (χ4n) is 1.63. The Morgan fingerprint density at radius 2 is 2.18 bits per heavy atom. The summed E-state index contributed by atoms with van der Waals surface area (Å²) in [6.07, 6.45) is 2.89. The quantitative estimate of drug-likeness (QED) is 0.654. The summed E-state index contributed by atoms with van der Waals surface area (Å²) in [5.74, 6) is 4.87. The minimum atomic E-state index is -0.207. The van der Waals surface area contributed by atoms with Gasteiger partial charge in [-0.2, -0.15) is 0 Å². The van der Waals surface area contributed by atoms with Crippen molar-refractivity contribution in [2.45, 2.75) is 31.2 Å². The second kappa shape index (κ2) is 7.03. The Hall–Kier alpha value is -1.40. The van der Waals surface area contributed by atoms with Gasteiger partial charge in [0.05, 0.1) is 0 Å². The van der Waals surface area contributed by atoms with Gasteiger partial charge in [-0.3, -0.25) is 4.79 Å². The van der Waals surface area contributed by atoms with Crippen LogP contribution < -0.4 is 5.32 Å². The molecule has 2 nitrogen and oxygen atoms in total. The van der Waals surface area contributed by atoms with Crippen molar-refractivity contribution >= 4 is 17.7 Å². The van der Waals surface area contributed by atoms with E-state index in [0.29, 0.717) is 0 Å². The van der Waals surface area contributed by atoms with Gasteiger partial charge >= 0.3 is 0 Å². The molecule has 0 saturated carbocycles. The third kappa shape index (κ3) is 4.54. The molecule has 0 heterocycles. The van der Waals surface area contributed by atoms with Gasteiger partial charge in [-0.25, -0.2) is 0 Å². The summed E-state index contributed by atoms with van der Waals surface area (Å²) >= 11 is 1.73. The van der Waals surface area contributed by atoms with E-state index in [-0.39, 0.29) is 11.9 Å². The number of thioether (sulfide) groups is 1. The Bertz CT molecular complexity index is 445. The van der Waals surface area contributed by atoms with Crippen molar-refractivity contribution in [3.05, 3.63) is 29.8 Å². The van der Waals surface area contributed by atoms with E-state index >= 15 is 0 Å².